The lowest BCUT2D eigenvalue weighted by Gasteiger charge is -2.18. The zero-order valence-electron chi connectivity index (χ0n) is 14.5. The minimum absolute atomic E-state index is 0.222. The van der Waals surface area contributed by atoms with Crippen LogP contribution in [-0.4, -0.2) is 63.7 Å². The van der Waals surface area contributed by atoms with Crippen LogP contribution in [0, 0.1) is 0 Å². The van der Waals surface area contributed by atoms with Crippen molar-refractivity contribution in [3.8, 4) is 0 Å². The molecule has 26 heavy (non-hydrogen) atoms. The molecule has 0 spiro atoms. The first kappa shape index (κ1) is 22.6. The van der Waals surface area contributed by atoms with E-state index in [4.69, 9.17) is 10.2 Å². The third-order valence-corrected chi connectivity index (χ3v) is 6.41. The second-order valence-corrected chi connectivity index (χ2v) is 8.56. The molecule has 9 nitrogen and oxygen atoms in total. The second-order valence-electron chi connectivity index (χ2n) is 5.87. The van der Waals surface area contributed by atoms with Crippen molar-refractivity contribution in [2.24, 2.45) is 0 Å². The first-order chi connectivity index (χ1) is 12.3. The molecule has 1 rings (SSSR count). The maximum absolute atomic E-state index is 12.0. The van der Waals surface area contributed by atoms with Gasteiger partial charge < -0.3 is 26.2 Å². The molecule has 0 saturated carbocycles. The maximum Gasteiger partial charge on any atom is 0.326 e. The molecule has 3 atom stereocenters. The Morgan fingerprint density at radius 3 is 2.46 bits per heavy atom. The summed E-state index contributed by atoms with van der Waals surface area (Å²) in [5, 5.41) is 26.2. The first-order valence-corrected chi connectivity index (χ1v) is 10.7. The lowest BCUT2D eigenvalue weighted by Crippen LogP contribution is -2.50. The van der Waals surface area contributed by atoms with Crippen LogP contribution in [0.5, 0.6) is 0 Å². The molecule has 0 bridgehead atoms. The van der Waals surface area contributed by atoms with E-state index in [2.05, 4.69) is 16.0 Å². The number of nitrogens with one attached hydrogen (secondary N) is 3. The van der Waals surface area contributed by atoms with Crippen LogP contribution in [0.4, 0.5) is 0 Å². The topological polar surface area (TPSA) is 145 Å². The van der Waals surface area contributed by atoms with Gasteiger partial charge in [-0.2, -0.15) is 0 Å². The summed E-state index contributed by atoms with van der Waals surface area (Å²) in [4.78, 5) is 45.5. The van der Waals surface area contributed by atoms with Crippen molar-refractivity contribution in [2.75, 3.05) is 12.3 Å². The van der Waals surface area contributed by atoms with Gasteiger partial charge in [-0.3, -0.25) is 14.4 Å². The zero-order valence-corrected chi connectivity index (χ0v) is 16.2. The smallest absolute Gasteiger partial charge is 0.326 e. The van der Waals surface area contributed by atoms with E-state index < -0.39 is 29.9 Å². The largest absolute Gasteiger partial charge is 0.481 e. The third-order valence-electron chi connectivity index (χ3n) is 3.63. The average Bonchev–Trinajstić information content (AvgIpc) is 3.08. The fraction of sp³-hybridized carbons (Fsp3) is 0.733. The molecule has 5 N–H and O–H groups in total. The molecule has 0 aromatic rings. The molecule has 1 aliphatic rings. The van der Waals surface area contributed by atoms with Gasteiger partial charge in [0.05, 0.1) is 5.37 Å². The zero-order chi connectivity index (χ0) is 19.5. The van der Waals surface area contributed by atoms with Crippen molar-refractivity contribution >= 4 is 45.3 Å². The lowest BCUT2D eigenvalue weighted by molar-refractivity contribution is -0.143. The fourth-order valence-electron chi connectivity index (χ4n) is 2.18. The number of aliphatic carboxylic acids is 2. The quantitative estimate of drug-likeness (QED) is 0.229. The van der Waals surface area contributed by atoms with Gasteiger partial charge >= 0.3 is 11.9 Å². The van der Waals surface area contributed by atoms with Crippen molar-refractivity contribution in [1.82, 2.24) is 16.0 Å². The predicted octanol–water partition coefficient (Wildman–Crippen LogP) is 0.406. The summed E-state index contributed by atoms with van der Waals surface area (Å²) in [6.45, 7) is 2.16. The molecule has 11 heteroatoms. The minimum Gasteiger partial charge on any atom is -0.481 e. The number of hydrogen-bond donors (Lipinski definition) is 5. The Bertz CT molecular complexity index is 514. The Kier molecular flexibility index (Phi) is 10.4. The number of carbonyl (C=O) groups is 4. The summed E-state index contributed by atoms with van der Waals surface area (Å²) < 4.78 is 0. The average molecular weight is 408 g/mol. The van der Waals surface area contributed by atoms with Crippen molar-refractivity contribution in [1.29, 1.82) is 0 Å². The van der Waals surface area contributed by atoms with Gasteiger partial charge in [-0.25, -0.2) is 4.79 Å². The van der Waals surface area contributed by atoms with E-state index in [1.807, 2.05) is 10.8 Å². The van der Waals surface area contributed by atoms with Gasteiger partial charge in [-0.1, -0.05) is 21.6 Å². The molecular weight excluding hydrogens is 382 g/mol. The second kappa shape index (κ2) is 12.0. The van der Waals surface area contributed by atoms with Gasteiger partial charge in [0.1, 0.15) is 12.1 Å². The minimum atomic E-state index is -1.31. The van der Waals surface area contributed by atoms with Crippen molar-refractivity contribution in [3.63, 3.8) is 0 Å². The SMILES string of the molecule is CC(NC(=O)CCCN[C@@H]1CCSS1)C(=O)NC(CCC(=O)O)C(=O)O. The molecule has 2 unspecified atom stereocenters. The monoisotopic (exact) mass is 407 g/mol. The highest BCUT2D eigenvalue weighted by Gasteiger charge is 2.24. The Labute approximate surface area is 159 Å². The summed E-state index contributed by atoms with van der Waals surface area (Å²) in [7, 11) is 3.62. The molecule has 0 aliphatic carbocycles. The van der Waals surface area contributed by atoms with Crippen molar-refractivity contribution in [3.05, 3.63) is 0 Å². The molecule has 1 heterocycles. The Balaban J connectivity index is 2.26. The highest BCUT2D eigenvalue weighted by Crippen LogP contribution is 2.35. The maximum atomic E-state index is 12.0. The summed E-state index contributed by atoms with van der Waals surface area (Å²) in [5.74, 6) is -2.28. The predicted molar refractivity (Wildman–Crippen MR) is 99.7 cm³/mol. The summed E-state index contributed by atoms with van der Waals surface area (Å²) in [6.07, 6.45) is 1.41. The third kappa shape index (κ3) is 9.30. The van der Waals surface area contributed by atoms with Crippen LogP contribution in [0.2, 0.25) is 0 Å². The Morgan fingerprint density at radius 1 is 1.15 bits per heavy atom. The molecule has 0 aromatic heterocycles. The highest BCUT2D eigenvalue weighted by molar-refractivity contribution is 8.77. The van der Waals surface area contributed by atoms with Gasteiger partial charge in [0, 0.05) is 18.6 Å². The number of carbonyl (C=O) groups excluding carboxylic acids is 2. The molecule has 1 fully saturated rings. The van der Waals surface area contributed by atoms with Crippen LogP contribution in [-0.2, 0) is 19.2 Å². The molecule has 1 aliphatic heterocycles. The number of carboxylic acid groups (broad SMARTS) is 2. The van der Waals surface area contributed by atoms with Crippen LogP contribution < -0.4 is 16.0 Å². The number of amides is 2. The van der Waals surface area contributed by atoms with Crippen molar-refractivity contribution in [2.45, 2.75) is 56.5 Å². The van der Waals surface area contributed by atoms with Gasteiger partial charge in [0.2, 0.25) is 11.8 Å². The highest BCUT2D eigenvalue weighted by atomic mass is 33.1. The molecule has 2 amide bonds. The normalized spacial score (nSPS) is 18.7. The van der Waals surface area contributed by atoms with Gasteiger partial charge in [-0.05, 0) is 32.7 Å². The number of carboxylic acids is 2. The first-order valence-electron chi connectivity index (χ1n) is 8.35. The van der Waals surface area contributed by atoms with E-state index in [9.17, 15) is 19.2 Å². The Hall–Kier alpha value is -1.46. The van der Waals surface area contributed by atoms with E-state index in [1.54, 1.807) is 10.8 Å². The van der Waals surface area contributed by atoms with Crippen LogP contribution >= 0.6 is 21.6 Å². The van der Waals surface area contributed by atoms with Crippen LogP contribution in [0.25, 0.3) is 0 Å². The van der Waals surface area contributed by atoms with Crippen LogP contribution in [0.15, 0.2) is 0 Å². The lowest BCUT2D eigenvalue weighted by atomic mass is 10.1. The summed E-state index contributed by atoms with van der Waals surface area (Å²) in [6, 6.07) is -2.20. The standard InChI is InChI=1S/C15H25N3O6S2/c1-9(14(22)18-10(15(23)24)4-5-13(20)21)17-11(19)3-2-7-16-12-6-8-25-26-12/h9-10,12,16H,2-8H2,1H3,(H,17,19)(H,18,22)(H,20,21)(H,23,24)/t9?,10?,12-/m0/s1. The Morgan fingerprint density at radius 2 is 1.88 bits per heavy atom. The van der Waals surface area contributed by atoms with E-state index >= 15 is 0 Å². The van der Waals surface area contributed by atoms with Gasteiger partial charge in [0.25, 0.3) is 0 Å². The van der Waals surface area contributed by atoms with E-state index in [0.29, 0.717) is 18.3 Å². The van der Waals surface area contributed by atoms with E-state index in [-0.39, 0.29) is 25.2 Å². The molecule has 148 valence electrons. The van der Waals surface area contributed by atoms with Crippen molar-refractivity contribution < 1.29 is 29.4 Å². The molecule has 0 radical (unpaired) electrons. The van der Waals surface area contributed by atoms with E-state index in [1.165, 1.54) is 6.92 Å². The fourth-order valence-corrected chi connectivity index (χ4v) is 4.89. The number of hydrogen-bond acceptors (Lipinski definition) is 7. The van der Waals surface area contributed by atoms with Crippen LogP contribution in [0.1, 0.15) is 39.0 Å². The summed E-state index contributed by atoms with van der Waals surface area (Å²) >= 11 is 0. The van der Waals surface area contributed by atoms with Gasteiger partial charge in [0.15, 0.2) is 0 Å². The number of rotatable bonds is 12. The van der Waals surface area contributed by atoms with Gasteiger partial charge in [-0.15, -0.1) is 0 Å². The molecule has 0 aromatic carbocycles. The molecule has 1 saturated heterocycles. The molecular formula is C15H25N3O6S2. The van der Waals surface area contributed by atoms with E-state index in [0.717, 1.165) is 12.2 Å². The summed E-state index contributed by atoms with van der Waals surface area (Å²) in [5.41, 5.74) is 0. The van der Waals surface area contributed by atoms with Crippen LogP contribution in [0.3, 0.4) is 0 Å².